The zero-order chi connectivity index (χ0) is 16.8. The lowest BCUT2D eigenvalue weighted by molar-refractivity contribution is -0.135. The molecule has 5 heterocycles. The maximum Gasteiger partial charge on any atom is 0.245 e. The summed E-state index contributed by atoms with van der Waals surface area (Å²) in [6.45, 7) is 2.87. The molecule has 3 unspecified atom stereocenters. The van der Waals surface area contributed by atoms with Crippen LogP contribution in [0.1, 0.15) is 32.1 Å². The number of thiophene rings is 1. The van der Waals surface area contributed by atoms with Gasteiger partial charge in [0.2, 0.25) is 5.91 Å². The summed E-state index contributed by atoms with van der Waals surface area (Å²) in [5, 5.41) is 6.62. The van der Waals surface area contributed by atoms with Crippen LogP contribution in [0.5, 0.6) is 0 Å². The molecule has 6 nitrogen and oxygen atoms in total. The summed E-state index contributed by atoms with van der Waals surface area (Å²) < 4.78 is 0. The first-order valence-corrected chi connectivity index (χ1v) is 10.2. The van der Waals surface area contributed by atoms with Crippen molar-refractivity contribution in [1.82, 2.24) is 20.2 Å². The Balaban J connectivity index is 0.00000168. The molecule has 2 aromatic heterocycles. The molecule has 3 aliphatic heterocycles. The van der Waals surface area contributed by atoms with Gasteiger partial charge in [-0.25, -0.2) is 9.97 Å². The molecule has 0 aliphatic carbocycles. The Labute approximate surface area is 163 Å². The van der Waals surface area contributed by atoms with Crippen molar-refractivity contribution in [2.75, 3.05) is 24.5 Å². The standard InChI is InChI=1S/C18H23N5OS.ClH/c24-18(23-12-3-4-13(23)10-19-7-5-12)15-2-1-8-22(15)16-14-6-9-25-17(14)21-11-20-16;/h6,9,11-13,15,19H,1-5,7-8,10H2;1H. The second kappa shape index (κ2) is 7.29. The van der Waals surface area contributed by atoms with Crippen LogP contribution in [0.4, 0.5) is 5.82 Å². The lowest BCUT2D eigenvalue weighted by Gasteiger charge is -2.34. The summed E-state index contributed by atoms with van der Waals surface area (Å²) in [4.78, 5) is 27.8. The van der Waals surface area contributed by atoms with Gasteiger partial charge >= 0.3 is 0 Å². The largest absolute Gasteiger partial charge is 0.344 e. The maximum absolute atomic E-state index is 13.5. The zero-order valence-electron chi connectivity index (χ0n) is 14.6. The molecule has 0 saturated carbocycles. The fourth-order valence-corrected chi connectivity index (χ4v) is 5.52. The molecule has 26 heavy (non-hydrogen) atoms. The van der Waals surface area contributed by atoms with Crippen LogP contribution in [0, 0.1) is 0 Å². The first-order chi connectivity index (χ1) is 12.3. The summed E-state index contributed by atoms with van der Waals surface area (Å²) in [6, 6.07) is 2.80. The number of aromatic nitrogens is 2. The average Bonchev–Trinajstić information content (AvgIpc) is 3.31. The third kappa shape index (κ3) is 2.86. The molecular weight excluding hydrogens is 370 g/mol. The van der Waals surface area contributed by atoms with Crippen LogP contribution in [-0.2, 0) is 4.79 Å². The van der Waals surface area contributed by atoms with Crippen LogP contribution in [0.25, 0.3) is 10.2 Å². The molecular formula is C18H24ClN5OS. The maximum atomic E-state index is 13.5. The number of hydrogen-bond acceptors (Lipinski definition) is 6. The Morgan fingerprint density at radius 3 is 3.00 bits per heavy atom. The van der Waals surface area contributed by atoms with E-state index in [4.69, 9.17) is 0 Å². The Morgan fingerprint density at radius 2 is 2.08 bits per heavy atom. The van der Waals surface area contributed by atoms with E-state index in [1.165, 1.54) is 0 Å². The highest BCUT2D eigenvalue weighted by atomic mass is 35.5. The number of nitrogens with one attached hydrogen (secondary N) is 1. The number of carbonyl (C=O) groups excluding carboxylic acids is 1. The minimum absolute atomic E-state index is 0. The van der Waals surface area contributed by atoms with E-state index in [1.807, 2.05) is 0 Å². The summed E-state index contributed by atoms with van der Waals surface area (Å²) in [5.74, 6) is 1.25. The smallest absolute Gasteiger partial charge is 0.245 e. The molecule has 2 bridgehead atoms. The number of anilines is 1. The monoisotopic (exact) mass is 393 g/mol. The van der Waals surface area contributed by atoms with Crippen LogP contribution in [-0.4, -0.2) is 58.5 Å². The molecule has 0 radical (unpaired) electrons. The van der Waals surface area contributed by atoms with Gasteiger partial charge in [-0.3, -0.25) is 4.79 Å². The van der Waals surface area contributed by atoms with Gasteiger partial charge in [0.25, 0.3) is 0 Å². The van der Waals surface area contributed by atoms with Crippen molar-refractivity contribution in [2.45, 2.75) is 50.2 Å². The van der Waals surface area contributed by atoms with E-state index in [0.29, 0.717) is 18.0 Å². The first kappa shape index (κ1) is 17.9. The highest BCUT2D eigenvalue weighted by Gasteiger charge is 2.43. The van der Waals surface area contributed by atoms with Crippen molar-refractivity contribution >= 4 is 45.7 Å². The molecule has 0 aromatic carbocycles. The molecule has 3 atom stereocenters. The molecule has 1 N–H and O–H groups in total. The van der Waals surface area contributed by atoms with Gasteiger partial charge in [-0.15, -0.1) is 23.7 Å². The van der Waals surface area contributed by atoms with Crippen LogP contribution < -0.4 is 10.2 Å². The van der Waals surface area contributed by atoms with E-state index in [2.05, 4.69) is 36.5 Å². The Bertz CT molecular complexity index is 785. The van der Waals surface area contributed by atoms with E-state index in [-0.39, 0.29) is 18.4 Å². The normalized spacial score (nSPS) is 28.2. The van der Waals surface area contributed by atoms with Gasteiger partial charge in [0.05, 0.1) is 5.39 Å². The Hall–Kier alpha value is -1.44. The lowest BCUT2D eigenvalue weighted by atomic mass is 10.1. The quantitative estimate of drug-likeness (QED) is 0.849. The number of amides is 1. The van der Waals surface area contributed by atoms with E-state index >= 15 is 0 Å². The predicted octanol–water partition coefficient (Wildman–Crippen LogP) is 2.43. The average molecular weight is 394 g/mol. The molecule has 1 amide bonds. The summed E-state index contributed by atoms with van der Waals surface area (Å²) in [7, 11) is 0. The van der Waals surface area contributed by atoms with Crippen LogP contribution in [0.3, 0.4) is 0 Å². The summed E-state index contributed by atoms with van der Waals surface area (Å²) in [6.07, 6.45) is 6.99. The SMILES string of the molecule is Cl.O=C(C1CCCN1c1ncnc2sccc12)N1C2CCNCC1CC2. The fraction of sp³-hybridized carbons (Fsp3) is 0.611. The van der Waals surface area contributed by atoms with Crippen molar-refractivity contribution in [2.24, 2.45) is 0 Å². The van der Waals surface area contributed by atoms with Gasteiger partial charge < -0.3 is 15.1 Å². The molecule has 140 valence electrons. The van der Waals surface area contributed by atoms with Crippen LogP contribution in [0.2, 0.25) is 0 Å². The molecule has 5 rings (SSSR count). The van der Waals surface area contributed by atoms with Gasteiger partial charge in [-0.05, 0) is 50.1 Å². The fourth-order valence-electron chi connectivity index (χ4n) is 4.80. The van der Waals surface area contributed by atoms with Crippen LogP contribution >= 0.6 is 23.7 Å². The third-order valence-corrected chi connectivity index (χ3v) is 6.78. The van der Waals surface area contributed by atoms with Crippen LogP contribution in [0.15, 0.2) is 17.8 Å². The molecule has 3 aliphatic rings. The minimum atomic E-state index is -0.0702. The van der Waals surface area contributed by atoms with Crippen molar-refractivity contribution in [1.29, 1.82) is 0 Å². The van der Waals surface area contributed by atoms with Gasteiger partial charge in [-0.1, -0.05) is 0 Å². The van der Waals surface area contributed by atoms with E-state index in [1.54, 1.807) is 17.7 Å². The highest BCUT2D eigenvalue weighted by Crippen LogP contribution is 2.35. The molecule has 8 heteroatoms. The second-order valence-electron chi connectivity index (χ2n) is 7.31. The van der Waals surface area contributed by atoms with Gasteiger partial charge in [0.15, 0.2) is 0 Å². The van der Waals surface area contributed by atoms with E-state index in [9.17, 15) is 4.79 Å². The molecule has 3 fully saturated rings. The van der Waals surface area contributed by atoms with E-state index < -0.39 is 0 Å². The minimum Gasteiger partial charge on any atom is -0.344 e. The number of hydrogen-bond donors (Lipinski definition) is 1. The number of fused-ring (bicyclic) bond motifs is 3. The lowest BCUT2D eigenvalue weighted by Crippen LogP contribution is -2.51. The first-order valence-electron chi connectivity index (χ1n) is 9.30. The van der Waals surface area contributed by atoms with Crippen molar-refractivity contribution in [3.8, 4) is 0 Å². The Kier molecular flexibility index (Phi) is 5.03. The predicted molar refractivity (Wildman–Crippen MR) is 106 cm³/mol. The summed E-state index contributed by atoms with van der Waals surface area (Å²) in [5.41, 5.74) is 0. The van der Waals surface area contributed by atoms with Gasteiger partial charge in [-0.2, -0.15) is 0 Å². The zero-order valence-corrected chi connectivity index (χ0v) is 16.3. The van der Waals surface area contributed by atoms with E-state index in [0.717, 1.165) is 67.8 Å². The highest BCUT2D eigenvalue weighted by molar-refractivity contribution is 7.16. The molecule has 0 spiro atoms. The Morgan fingerprint density at radius 1 is 1.19 bits per heavy atom. The molecule has 3 saturated heterocycles. The van der Waals surface area contributed by atoms with Gasteiger partial charge in [0.1, 0.15) is 23.0 Å². The van der Waals surface area contributed by atoms with Crippen molar-refractivity contribution < 1.29 is 4.79 Å². The van der Waals surface area contributed by atoms with Crippen molar-refractivity contribution in [3.63, 3.8) is 0 Å². The topological polar surface area (TPSA) is 61.4 Å². The van der Waals surface area contributed by atoms with Crippen molar-refractivity contribution in [3.05, 3.63) is 17.8 Å². The van der Waals surface area contributed by atoms with Gasteiger partial charge in [0, 0.05) is 25.2 Å². The summed E-state index contributed by atoms with van der Waals surface area (Å²) >= 11 is 1.63. The third-order valence-electron chi connectivity index (χ3n) is 5.96. The number of nitrogens with zero attached hydrogens (tertiary/aromatic N) is 4. The number of carbonyl (C=O) groups is 1. The molecule has 2 aromatic rings. The number of rotatable bonds is 2. The second-order valence-corrected chi connectivity index (χ2v) is 8.21. The number of halogens is 1.